The van der Waals surface area contributed by atoms with Gasteiger partial charge < -0.3 is 0 Å². The van der Waals surface area contributed by atoms with Gasteiger partial charge >= 0.3 is 0 Å². The molecule has 0 saturated carbocycles. The van der Waals surface area contributed by atoms with Gasteiger partial charge in [0.25, 0.3) is 0 Å². The van der Waals surface area contributed by atoms with Gasteiger partial charge in [0.2, 0.25) is 5.91 Å². The van der Waals surface area contributed by atoms with E-state index in [1.165, 1.54) is 16.2 Å². The van der Waals surface area contributed by atoms with Crippen molar-refractivity contribution in [3.8, 4) is 0 Å². The number of benzene rings is 2. The summed E-state index contributed by atoms with van der Waals surface area (Å²) < 4.78 is 0. The normalized spacial score (nSPS) is 12.0. The summed E-state index contributed by atoms with van der Waals surface area (Å²) in [5.41, 5.74) is 3.71. The molecule has 0 bridgehead atoms. The molecule has 2 aromatic rings. The van der Waals surface area contributed by atoms with E-state index in [1.807, 2.05) is 13.0 Å². The van der Waals surface area contributed by atoms with Crippen molar-refractivity contribution in [1.82, 2.24) is 5.06 Å². The SMILES string of the molecule is CCC(=O)N(C)OCc1ccc(C(CC)c2ccccc2)cc1. The third-order valence-electron chi connectivity index (χ3n) is 4.07. The van der Waals surface area contributed by atoms with Crippen LogP contribution in [0.4, 0.5) is 0 Å². The quantitative estimate of drug-likeness (QED) is 0.703. The Balaban J connectivity index is 2.02. The fourth-order valence-corrected chi connectivity index (χ4v) is 2.66. The van der Waals surface area contributed by atoms with E-state index >= 15 is 0 Å². The zero-order valence-corrected chi connectivity index (χ0v) is 14.2. The second-order valence-electron chi connectivity index (χ2n) is 5.63. The van der Waals surface area contributed by atoms with Crippen LogP contribution >= 0.6 is 0 Å². The van der Waals surface area contributed by atoms with Crippen LogP contribution in [0.1, 0.15) is 49.3 Å². The fourth-order valence-electron chi connectivity index (χ4n) is 2.66. The smallest absolute Gasteiger partial charge is 0.245 e. The van der Waals surface area contributed by atoms with Gasteiger partial charge in [-0.15, -0.1) is 0 Å². The van der Waals surface area contributed by atoms with E-state index in [4.69, 9.17) is 4.84 Å². The highest BCUT2D eigenvalue weighted by atomic mass is 16.7. The number of hydrogen-bond acceptors (Lipinski definition) is 2. The molecule has 0 aliphatic heterocycles. The molecular formula is C20H25NO2. The highest BCUT2D eigenvalue weighted by Crippen LogP contribution is 2.27. The van der Waals surface area contributed by atoms with Crippen molar-refractivity contribution in [3.63, 3.8) is 0 Å². The van der Waals surface area contributed by atoms with Crippen LogP contribution in [0, 0.1) is 0 Å². The fraction of sp³-hybridized carbons (Fsp3) is 0.350. The molecule has 0 heterocycles. The summed E-state index contributed by atoms with van der Waals surface area (Å²) in [5.74, 6) is 0.396. The van der Waals surface area contributed by atoms with Gasteiger partial charge in [0.05, 0.1) is 0 Å². The van der Waals surface area contributed by atoms with Crippen LogP contribution in [0.3, 0.4) is 0 Å². The maximum absolute atomic E-state index is 11.5. The monoisotopic (exact) mass is 311 g/mol. The molecular weight excluding hydrogens is 286 g/mol. The zero-order chi connectivity index (χ0) is 16.7. The minimum atomic E-state index is -0.0169. The highest BCUT2D eigenvalue weighted by molar-refractivity contribution is 5.74. The van der Waals surface area contributed by atoms with Gasteiger partial charge in [-0.25, -0.2) is 5.06 Å². The van der Waals surface area contributed by atoms with Crippen LogP contribution in [-0.4, -0.2) is 18.0 Å². The average Bonchev–Trinajstić information content (AvgIpc) is 2.61. The molecule has 0 spiro atoms. The molecule has 0 aliphatic rings. The van der Waals surface area contributed by atoms with Gasteiger partial charge in [0.15, 0.2) is 0 Å². The third kappa shape index (κ3) is 4.67. The predicted octanol–water partition coefficient (Wildman–Crippen LogP) is 4.53. The summed E-state index contributed by atoms with van der Waals surface area (Å²) in [6.07, 6.45) is 1.51. The Bertz CT molecular complexity index is 607. The maximum Gasteiger partial charge on any atom is 0.245 e. The van der Waals surface area contributed by atoms with E-state index in [0.717, 1.165) is 12.0 Å². The highest BCUT2D eigenvalue weighted by Gasteiger charge is 2.12. The van der Waals surface area contributed by atoms with Crippen molar-refractivity contribution in [1.29, 1.82) is 0 Å². The minimum Gasteiger partial charge on any atom is -0.273 e. The number of hydroxylamine groups is 2. The number of carbonyl (C=O) groups is 1. The first kappa shape index (κ1) is 17.2. The molecule has 0 fully saturated rings. The van der Waals surface area contributed by atoms with Gasteiger partial charge in [-0.3, -0.25) is 9.63 Å². The second-order valence-corrected chi connectivity index (χ2v) is 5.63. The molecule has 0 radical (unpaired) electrons. The van der Waals surface area contributed by atoms with Gasteiger partial charge in [-0.1, -0.05) is 68.4 Å². The van der Waals surface area contributed by atoms with Crippen molar-refractivity contribution in [3.05, 3.63) is 71.3 Å². The molecule has 2 rings (SSSR count). The lowest BCUT2D eigenvalue weighted by Gasteiger charge is -2.18. The van der Waals surface area contributed by atoms with Crippen molar-refractivity contribution in [2.75, 3.05) is 7.05 Å². The largest absolute Gasteiger partial charge is 0.273 e. The Morgan fingerprint density at radius 1 is 1.00 bits per heavy atom. The number of rotatable bonds is 7. The first-order valence-corrected chi connectivity index (χ1v) is 8.19. The van der Waals surface area contributed by atoms with E-state index in [2.05, 4.69) is 55.5 Å². The van der Waals surface area contributed by atoms with Crippen LogP contribution < -0.4 is 0 Å². The molecule has 0 N–H and O–H groups in total. The number of amides is 1. The first-order valence-electron chi connectivity index (χ1n) is 8.19. The standard InChI is InChI=1S/C20H25NO2/c1-4-19(17-9-7-6-8-10-17)18-13-11-16(12-14-18)15-23-21(3)20(22)5-2/h6-14,19H,4-5,15H2,1-3H3. The van der Waals surface area contributed by atoms with Crippen LogP contribution in [0.25, 0.3) is 0 Å². The first-order chi connectivity index (χ1) is 11.2. The molecule has 122 valence electrons. The summed E-state index contributed by atoms with van der Waals surface area (Å²) in [6, 6.07) is 19.0. The van der Waals surface area contributed by atoms with Gasteiger partial charge in [0.1, 0.15) is 6.61 Å². The Labute approximate surface area is 138 Å². The minimum absolute atomic E-state index is 0.0169. The molecule has 0 aromatic heterocycles. The summed E-state index contributed by atoms with van der Waals surface area (Å²) in [4.78, 5) is 16.9. The van der Waals surface area contributed by atoms with Crippen LogP contribution in [0.5, 0.6) is 0 Å². The molecule has 2 aromatic carbocycles. The van der Waals surface area contributed by atoms with Crippen molar-refractivity contribution < 1.29 is 9.63 Å². The van der Waals surface area contributed by atoms with E-state index in [-0.39, 0.29) is 5.91 Å². The summed E-state index contributed by atoms with van der Waals surface area (Å²) in [7, 11) is 1.66. The molecule has 23 heavy (non-hydrogen) atoms. The second kappa shape index (κ2) is 8.49. The summed E-state index contributed by atoms with van der Waals surface area (Å²) >= 11 is 0. The summed E-state index contributed by atoms with van der Waals surface area (Å²) in [6.45, 7) is 4.44. The van der Waals surface area contributed by atoms with Crippen LogP contribution in [0.2, 0.25) is 0 Å². The van der Waals surface area contributed by atoms with E-state index in [9.17, 15) is 4.79 Å². The van der Waals surface area contributed by atoms with Crippen LogP contribution in [0.15, 0.2) is 54.6 Å². The van der Waals surface area contributed by atoms with Crippen molar-refractivity contribution in [2.24, 2.45) is 0 Å². The Morgan fingerprint density at radius 2 is 1.61 bits per heavy atom. The van der Waals surface area contributed by atoms with Gasteiger partial charge in [0, 0.05) is 19.4 Å². The molecule has 0 saturated heterocycles. The molecule has 0 aliphatic carbocycles. The zero-order valence-electron chi connectivity index (χ0n) is 14.2. The number of nitrogens with zero attached hydrogens (tertiary/aromatic N) is 1. The van der Waals surface area contributed by atoms with E-state index in [0.29, 0.717) is 18.9 Å². The Morgan fingerprint density at radius 3 is 2.17 bits per heavy atom. The molecule has 1 amide bonds. The molecule has 1 unspecified atom stereocenters. The van der Waals surface area contributed by atoms with Crippen molar-refractivity contribution >= 4 is 5.91 Å². The lowest BCUT2D eigenvalue weighted by Crippen LogP contribution is -2.25. The number of carbonyl (C=O) groups excluding carboxylic acids is 1. The molecule has 3 heteroatoms. The maximum atomic E-state index is 11.5. The van der Waals surface area contributed by atoms with Gasteiger partial charge in [-0.05, 0) is 23.1 Å². The molecule has 3 nitrogen and oxygen atoms in total. The van der Waals surface area contributed by atoms with E-state index in [1.54, 1.807) is 7.05 Å². The Hall–Kier alpha value is -2.13. The Kier molecular flexibility index (Phi) is 6.36. The summed E-state index contributed by atoms with van der Waals surface area (Å²) in [5, 5.41) is 1.31. The van der Waals surface area contributed by atoms with E-state index < -0.39 is 0 Å². The van der Waals surface area contributed by atoms with Crippen molar-refractivity contribution in [2.45, 2.75) is 39.2 Å². The van der Waals surface area contributed by atoms with Gasteiger partial charge in [-0.2, -0.15) is 0 Å². The topological polar surface area (TPSA) is 29.5 Å². The predicted molar refractivity (Wildman–Crippen MR) is 92.9 cm³/mol. The third-order valence-corrected chi connectivity index (χ3v) is 4.07. The van der Waals surface area contributed by atoms with Crippen LogP contribution in [-0.2, 0) is 16.2 Å². The lowest BCUT2D eigenvalue weighted by atomic mass is 9.89. The molecule has 1 atom stereocenters. The number of hydrogen-bond donors (Lipinski definition) is 0. The lowest BCUT2D eigenvalue weighted by molar-refractivity contribution is -0.182. The average molecular weight is 311 g/mol.